The summed E-state index contributed by atoms with van der Waals surface area (Å²) >= 11 is 0. The predicted octanol–water partition coefficient (Wildman–Crippen LogP) is 4.51. The summed E-state index contributed by atoms with van der Waals surface area (Å²) in [5.74, 6) is 0.216. The van der Waals surface area contributed by atoms with Crippen molar-refractivity contribution in [3.8, 4) is 22.6 Å². The van der Waals surface area contributed by atoms with Gasteiger partial charge in [0.1, 0.15) is 11.5 Å². The smallest absolute Gasteiger partial charge is 0.273 e. The van der Waals surface area contributed by atoms with Gasteiger partial charge in [0, 0.05) is 36.3 Å². The summed E-state index contributed by atoms with van der Waals surface area (Å²) in [7, 11) is 1.69. The molecule has 0 aliphatic heterocycles. The van der Waals surface area contributed by atoms with E-state index in [-0.39, 0.29) is 11.7 Å². The summed E-state index contributed by atoms with van der Waals surface area (Å²) in [6.07, 6.45) is 3.68. The van der Waals surface area contributed by atoms with Crippen molar-refractivity contribution in [2.75, 3.05) is 5.32 Å². The number of para-hydroxylation sites is 1. The van der Waals surface area contributed by atoms with E-state index in [1.807, 2.05) is 30.3 Å². The number of amides is 1. The Hall–Kier alpha value is -4.66. The first-order valence-electron chi connectivity index (χ1n) is 10.5. The molecule has 3 heterocycles. The summed E-state index contributed by atoms with van der Waals surface area (Å²) in [5, 5.41) is 11.4. The molecule has 5 aromatic rings. The van der Waals surface area contributed by atoms with E-state index >= 15 is 0 Å². The number of nitrogens with zero attached hydrogens (tertiary/aromatic N) is 5. The Kier molecular flexibility index (Phi) is 5.65. The van der Waals surface area contributed by atoms with Gasteiger partial charge in [-0.05, 0) is 54.1 Å². The lowest BCUT2D eigenvalue weighted by Gasteiger charge is -2.09. The Morgan fingerprint density at radius 3 is 2.68 bits per heavy atom. The topological polar surface area (TPSA) is 98.7 Å². The molecule has 0 fully saturated rings. The summed E-state index contributed by atoms with van der Waals surface area (Å²) in [6, 6.07) is 18.7. The maximum absolute atomic E-state index is 13.2. The Bertz CT molecular complexity index is 1440. The van der Waals surface area contributed by atoms with Crippen LogP contribution in [0.3, 0.4) is 0 Å². The first kappa shape index (κ1) is 21.2. The molecule has 0 bridgehead atoms. The van der Waals surface area contributed by atoms with Crippen LogP contribution in [0.15, 0.2) is 83.6 Å². The Morgan fingerprint density at radius 1 is 1.06 bits per heavy atom. The molecule has 0 aliphatic rings. The number of aromatic nitrogens is 5. The van der Waals surface area contributed by atoms with Gasteiger partial charge in [-0.15, -0.1) is 0 Å². The number of carbonyl (C=O) groups is 1. The standard InChI is InChI=1S/C25H19FN6O2/c1-32-22(14-21(30-32)16-8-10-19(26)11-9-16)25(33)28-20-7-3-2-5-17(20)13-23-29-24(31-34-23)18-6-4-12-27-15-18/h2-12,14-15H,13H2,1H3,(H,28,33). The molecule has 5 rings (SSSR count). The lowest BCUT2D eigenvalue weighted by atomic mass is 10.1. The van der Waals surface area contributed by atoms with E-state index in [1.54, 1.807) is 43.7 Å². The molecule has 168 valence electrons. The van der Waals surface area contributed by atoms with Gasteiger partial charge >= 0.3 is 0 Å². The number of carbonyl (C=O) groups excluding carboxylic acids is 1. The average Bonchev–Trinajstić information content (AvgIpc) is 3.48. The normalized spacial score (nSPS) is 10.9. The number of hydrogen-bond donors (Lipinski definition) is 1. The first-order valence-corrected chi connectivity index (χ1v) is 10.5. The summed E-state index contributed by atoms with van der Waals surface area (Å²) in [5.41, 5.74) is 3.86. The zero-order chi connectivity index (χ0) is 23.5. The molecule has 34 heavy (non-hydrogen) atoms. The first-order chi connectivity index (χ1) is 16.6. The highest BCUT2D eigenvalue weighted by atomic mass is 19.1. The molecule has 2 aromatic carbocycles. The third-order valence-corrected chi connectivity index (χ3v) is 5.25. The van der Waals surface area contributed by atoms with Gasteiger partial charge in [-0.2, -0.15) is 10.1 Å². The number of anilines is 1. The van der Waals surface area contributed by atoms with Gasteiger partial charge in [-0.3, -0.25) is 14.5 Å². The molecule has 0 unspecified atom stereocenters. The van der Waals surface area contributed by atoms with Gasteiger partial charge in [-0.1, -0.05) is 23.4 Å². The zero-order valence-electron chi connectivity index (χ0n) is 18.1. The van der Waals surface area contributed by atoms with Gasteiger partial charge in [0.15, 0.2) is 0 Å². The number of hydrogen-bond acceptors (Lipinski definition) is 6. The van der Waals surface area contributed by atoms with E-state index in [4.69, 9.17) is 4.52 Å². The molecular weight excluding hydrogens is 435 g/mol. The molecule has 0 spiro atoms. The number of aryl methyl sites for hydroxylation is 1. The predicted molar refractivity (Wildman–Crippen MR) is 123 cm³/mol. The maximum atomic E-state index is 13.2. The molecule has 1 N–H and O–H groups in total. The second-order valence-electron chi connectivity index (χ2n) is 7.59. The molecule has 9 heteroatoms. The third-order valence-electron chi connectivity index (χ3n) is 5.25. The van der Waals surface area contributed by atoms with Crippen LogP contribution in [0.5, 0.6) is 0 Å². The monoisotopic (exact) mass is 454 g/mol. The SMILES string of the molecule is Cn1nc(-c2ccc(F)cc2)cc1C(=O)Nc1ccccc1Cc1nc(-c2cccnc2)no1. The van der Waals surface area contributed by atoms with Crippen molar-refractivity contribution in [2.45, 2.75) is 6.42 Å². The van der Waals surface area contributed by atoms with Crippen LogP contribution in [0.2, 0.25) is 0 Å². The minimum absolute atomic E-state index is 0.322. The molecule has 3 aromatic heterocycles. The number of halogens is 1. The van der Waals surface area contributed by atoms with Crippen molar-refractivity contribution >= 4 is 11.6 Å². The molecular formula is C25H19FN6O2. The zero-order valence-corrected chi connectivity index (χ0v) is 18.1. The van der Waals surface area contributed by atoms with Crippen LogP contribution in [-0.4, -0.2) is 30.8 Å². The Morgan fingerprint density at radius 2 is 1.88 bits per heavy atom. The minimum Gasteiger partial charge on any atom is -0.339 e. The maximum Gasteiger partial charge on any atom is 0.273 e. The van der Waals surface area contributed by atoms with Crippen molar-refractivity contribution in [2.24, 2.45) is 7.05 Å². The number of pyridine rings is 1. The average molecular weight is 454 g/mol. The van der Waals surface area contributed by atoms with Crippen molar-refractivity contribution < 1.29 is 13.7 Å². The van der Waals surface area contributed by atoms with Crippen LogP contribution < -0.4 is 5.32 Å². The highest BCUT2D eigenvalue weighted by molar-refractivity contribution is 6.04. The quantitative estimate of drug-likeness (QED) is 0.405. The van der Waals surface area contributed by atoms with Crippen molar-refractivity contribution in [3.05, 3.63) is 102 Å². The van der Waals surface area contributed by atoms with Crippen LogP contribution in [-0.2, 0) is 13.5 Å². The summed E-state index contributed by atoms with van der Waals surface area (Å²) in [4.78, 5) is 21.5. The van der Waals surface area contributed by atoms with Crippen LogP contribution in [0.25, 0.3) is 22.6 Å². The Labute approximate surface area is 194 Å². The number of nitrogens with one attached hydrogen (secondary N) is 1. The van der Waals surface area contributed by atoms with Crippen LogP contribution in [0.4, 0.5) is 10.1 Å². The lowest BCUT2D eigenvalue weighted by molar-refractivity contribution is 0.101. The minimum atomic E-state index is -0.331. The van der Waals surface area contributed by atoms with Gasteiger partial charge in [0.25, 0.3) is 5.91 Å². The third kappa shape index (κ3) is 4.44. The molecule has 0 radical (unpaired) electrons. The lowest BCUT2D eigenvalue weighted by Crippen LogP contribution is -2.17. The Balaban J connectivity index is 1.35. The van der Waals surface area contributed by atoms with Crippen LogP contribution >= 0.6 is 0 Å². The summed E-state index contributed by atoms with van der Waals surface area (Å²) < 4.78 is 20.1. The highest BCUT2D eigenvalue weighted by Gasteiger charge is 2.17. The summed E-state index contributed by atoms with van der Waals surface area (Å²) in [6.45, 7) is 0. The van der Waals surface area contributed by atoms with Crippen molar-refractivity contribution in [3.63, 3.8) is 0 Å². The van der Waals surface area contributed by atoms with Crippen LogP contribution in [0, 0.1) is 5.82 Å². The molecule has 8 nitrogen and oxygen atoms in total. The molecule has 0 aliphatic carbocycles. The van der Waals surface area contributed by atoms with Crippen molar-refractivity contribution in [1.82, 2.24) is 24.9 Å². The van der Waals surface area contributed by atoms with E-state index in [9.17, 15) is 9.18 Å². The number of rotatable bonds is 6. The van der Waals surface area contributed by atoms with Gasteiger partial charge in [-0.25, -0.2) is 4.39 Å². The van der Waals surface area contributed by atoms with Gasteiger partial charge < -0.3 is 9.84 Å². The molecule has 0 saturated carbocycles. The van der Waals surface area contributed by atoms with E-state index in [0.717, 1.165) is 16.7 Å². The largest absolute Gasteiger partial charge is 0.339 e. The molecule has 0 atom stereocenters. The van der Waals surface area contributed by atoms with Crippen LogP contribution in [0.1, 0.15) is 21.9 Å². The van der Waals surface area contributed by atoms with E-state index in [1.165, 1.54) is 16.8 Å². The van der Waals surface area contributed by atoms with Crippen molar-refractivity contribution in [1.29, 1.82) is 0 Å². The molecule has 0 saturated heterocycles. The van der Waals surface area contributed by atoms with E-state index in [2.05, 4.69) is 25.5 Å². The fourth-order valence-corrected chi connectivity index (χ4v) is 3.53. The molecule has 1 amide bonds. The second kappa shape index (κ2) is 9.07. The number of benzene rings is 2. The fourth-order valence-electron chi connectivity index (χ4n) is 3.53. The van der Waals surface area contributed by atoms with E-state index < -0.39 is 0 Å². The van der Waals surface area contributed by atoms with Gasteiger partial charge in [0.05, 0.1) is 12.1 Å². The van der Waals surface area contributed by atoms with E-state index in [0.29, 0.717) is 35.2 Å². The second-order valence-corrected chi connectivity index (χ2v) is 7.59. The fraction of sp³-hybridized carbons (Fsp3) is 0.0800. The van der Waals surface area contributed by atoms with Gasteiger partial charge in [0.2, 0.25) is 11.7 Å². The highest BCUT2D eigenvalue weighted by Crippen LogP contribution is 2.23.